The fourth-order valence-electron chi connectivity index (χ4n) is 5.38. The van der Waals surface area contributed by atoms with Gasteiger partial charge in [0.15, 0.2) is 0 Å². The summed E-state index contributed by atoms with van der Waals surface area (Å²) >= 11 is 0. The molecule has 4 rings (SSSR count). The molecule has 0 heterocycles. The van der Waals surface area contributed by atoms with E-state index in [0.29, 0.717) is 12.1 Å². The molecule has 8 nitrogen and oxygen atoms in total. The second kappa shape index (κ2) is 14.5. The summed E-state index contributed by atoms with van der Waals surface area (Å²) in [5.74, 6) is -0.665. The van der Waals surface area contributed by atoms with Crippen molar-refractivity contribution in [3.8, 4) is 0 Å². The van der Waals surface area contributed by atoms with E-state index in [0.717, 1.165) is 57.4 Å². The van der Waals surface area contributed by atoms with Crippen LogP contribution in [-0.4, -0.2) is 62.2 Å². The Hall–Kier alpha value is -3.69. The quantitative estimate of drug-likeness (QED) is 0.331. The largest absolute Gasteiger partial charge is 0.352 e. The molecule has 1 unspecified atom stereocenters. The molecule has 224 valence electrons. The number of anilines is 1. The zero-order chi connectivity index (χ0) is 30.1. The number of nitrogens with zero attached hydrogens (tertiary/aromatic N) is 3. The van der Waals surface area contributed by atoms with Gasteiger partial charge in [0.2, 0.25) is 11.8 Å². The van der Waals surface area contributed by atoms with Crippen LogP contribution in [0.25, 0.3) is 0 Å². The minimum absolute atomic E-state index is 0.0647. The van der Waals surface area contributed by atoms with Gasteiger partial charge in [-0.25, -0.2) is 4.31 Å². The molecule has 1 aliphatic carbocycles. The lowest BCUT2D eigenvalue weighted by atomic mass is 9.94. The second-order valence-electron chi connectivity index (χ2n) is 11.1. The van der Waals surface area contributed by atoms with Crippen molar-refractivity contribution in [2.75, 3.05) is 24.9 Å². The van der Waals surface area contributed by atoms with Crippen molar-refractivity contribution < 1.29 is 18.0 Å². The molecule has 1 fully saturated rings. The lowest BCUT2D eigenvalue weighted by Gasteiger charge is -2.35. The Morgan fingerprint density at radius 3 is 2.07 bits per heavy atom. The third-order valence-corrected chi connectivity index (χ3v) is 9.71. The molecule has 0 aliphatic heterocycles. The van der Waals surface area contributed by atoms with E-state index in [-0.39, 0.29) is 18.5 Å². The second-order valence-corrected chi connectivity index (χ2v) is 13.2. The maximum absolute atomic E-state index is 14.4. The van der Waals surface area contributed by atoms with Crippen molar-refractivity contribution >= 4 is 27.7 Å². The number of aryl methyl sites for hydroxylation is 1. The van der Waals surface area contributed by atoms with Crippen LogP contribution >= 0.6 is 0 Å². The molecule has 0 aromatic heterocycles. The smallest absolute Gasteiger partial charge is 0.304 e. The van der Waals surface area contributed by atoms with E-state index in [9.17, 15) is 18.0 Å². The van der Waals surface area contributed by atoms with Gasteiger partial charge in [0.1, 0.15) is 12.6 Å². The zero-order valence-corrected chi connectivity index (χ0v) is 25.6. The summed E-state index contributed by atoms with van der Waals surface area (Å²) in [6.45, 7) is 1.70. The Labute approximate surface area is 250 Å². The molecular weight excluding hydrogens is 548 g/mol. The summed E-state index contributed by atoms with van der Waals surface area (Å²) in [6.07, 6.45) is 5.43. The van der Waals surface area contributed by atoms with Crippen LogP contribution in [0.4, 0.5) is 5.69 Å². The van der Waals surface area contributed by atoms with Crippen molar-refractivity contribution in [3.63, 3.8) is 0 Å². The first-order chi connectivity index (χ1) is 20.2. The Balaban J connectivity index is 1.75. The summed E-state index contributed by atoms with van der Waals surface area (Å²) in [7, 11) is -1.13. The summed E-state index contributed by atoms with van der Waals surface area (Å²) in [6, 6.07) is 25.2. The Kier molecular flexibility index (Phi) is 10.8. The lowest BCUT2D eigenvalue weighted by Crippen LogP contribution is -2.55. The summed E-state index contributed by atoms with van der Waals surface area (Å²) < 4.78 is 29.1. The Morgan fingerprint density at radius 2 is 1.45 bits per heavy atom. The molecule has 3 aromatic carbocycles. The predicted molar refractivity (Wildman–Crippen MR) is 167 cm³/mol. The van der Waals surface area contributed by atoms with E-state index in [1.54, 1.807) is 35.2 Å². The van der Waals surface area contributed by atoms with Crippen LogP contribution in [0.3, 0.4) is 0 Å². The van der Waals surface area contributed by atoms with E-state index < -0.39 is 28.7 Å². The van der Waals surface area contributed by atoms with Gasteiger partial charge in [-0.15, -0.1) is 0 Å². The van der Waals surface area contributed by atoms with Crippen LogP contribution < -0.4 is 9.62 Å². The van der Waals surface area contributed by atoms with E-state index in [1.807, 2.05) is 61.5 Å². The van der Waals surface area contributed by atoms with Gasteiger partial charge in [0.25, 0.3) is 0 Å². The predicted octanol–water partition coefficient (Wildman–Crippen LogP) is 4.70. The minimum atomic E-state index is -4.01. The van der Waals surface area contributed by atoms with E-state index in [4.69, 9.17) is 0 Å². The molecule has 1 aliphatic rings. The third kappa shape index (κ3) is 7.98. The van der Waals surface area contributed by atoms with Gasteiger partial charge in [-0.1, -0.05) is 92.1 Å². The van der Waals surface area contributed by atoms with Gasteiger partial charge in [0, 0.05) is 33.1 Å². The average Bonchev–Trinajstić information content (AvgIpc) is 2.99. The number of amides is 2. The van der Waals surface area contributed by atoms with Crippen molar-refractivity contribution in [1.29, 1.82) is 0 Å². The molecule has 0 bridgehead atoms. The first-order valence-electron chi connectivity index (χ1n) is 14.6. The molecule has 1 N–H and O–H groups in total. The van der Waals surface area contributed by atoms with Crippen LogP contribution in [0.5, 0.6) is 0 Å². The molecule has 9 heteroatoms. The summed E-state index contributed by atoms with van der Waals surface area (Å²) in [5, 5.41) is 3.24. The van der Waals surface area contributed by atoms with Crippen molar-refractivity contribution in [2.45, 2.75) is 64.1 Å². The maximum Gasteiger partial charge on any atom is 0.304 e. The number of para-hydroxylation sites is 1. The highest BCUT2D eigenvalue weighted by molar-refractivity contribution is 7.90. The summed E-state index contributed by atoms with van der Waals surface area (Å²) in [5.41, 5.74) is 3.18. The molecule has 0 radical (unpaired) electrons. The first kappa shape index (κ1) is 31.3. The maximum atomic E-state index is 14.4. The number of benzene rings is 3. The fraction of sp³-hybridized carbons (Fsp3) is 0.394. The standard InChI is InChI=1S/C33H42N4O4S/c1-26-15-13-14-18-28(26)24-36(32(38)25-37(42(40,41)35(2)3)30-21-11-6-12-22-30)31(23-27-16-7-4-8-17-27)33(39)34-29-19-9-5-10-20-29/h4,6-8,11-18,21-22,29,31H,5,9-10,19-20,23-25H2,1-3H3,(H,34,39). The van der Waals surface area contributed by atoms with Gasteiger partial charge < -0.3 is 10.2 Å². The van der Waals surface area contributed by atoms with Crippen molar-refractivity contribution in [2.24, 2.45) is 0 Å². The normalized spacial score (nSPS) is 14.8. The zero-order valence-electron chi connectivity index (χ0n) is 24.8. The average molecular weight is 591 g/mol. The number of carbonyl (C=O) groups excluding carboxylic acids is 2. The van der Waals surface area contributed by atoms with Gasteiger partial charge in [-0.05, 0) is 48.6 Å². The van der Waals surface area contributed by atoms with Crippen LogP contribution in [0.2, 0.25) is 0 Å². The lowest BCUT2D eigenvalue weighted by molar-refractivity contribution is -0.140. The Bertz CT molecular complexity index is 1420. The molecule has 0 saturated heterocycles. The molecule has 1 saturated carbocycles. The van der Waals surface area contributed by atoms with Crippen LogP contribution in [0.15, 0.2) is 84.9 Å². The highest BCUT2D eigenvalue weighted by atomic mass is 32.2. The fourth-order valence-corrected chi connectivity index (χ4v) is 6.44. The van der Waals surface area contributed by atoms with E-state index in [2.05, 4.69) is 5.32 Å². The van der Waals surface area contributed by atoms with Gasteiger partial charge in [-0.3, -0.25) is 9.59 Å². The number of carbonyl (C=O) groups is 2. The molecule has 42 heavy (non-hydrogen) atoms. The first-order valence-corrected chi connectivity index (χ1v) is 16.0. The van der Waals surface area contributed by atoms with E-state index >= 15 is 0 Å². The highest BCUT2D eigenvalue weighted by Gasteiger charge is 2.35. The van der Waals surface area contributed by atoms with Crippen molar-refractivity contribution in [1.82, 2.24) is 14.5 Å². The molecule has 1 atom stereocenters. The number of hydrogen-bond acceptors (Lipinski definition) is 4. The number of nitrogens with one attached hydrogen (secondary N) is 1. The SMILES string of the molecule is Cc1ccccc1CN(C(=O)CN(c1ccccc1)S(=O)(=O)N(C)C)C(Cc1ccccc1)C(=O)NC1CCCCC1. The summed E-state index contributed by atoms with van der Waals surface area (Å²) in [4.78, 5) is 30.0. The number of rotatable bonds is 12. The number of hydrogen-bond donors (Lipinski definition) is 1. The topological polar surface area (TPSA) is 90.0 Å². The van der Waals surface area contributed by atoms with Crippen molar-refractivity contribution in [3.05, 3.63) is 102 Å². The van der Waals surface area contributed by atoms with Gasteiger partial charge in [-0.2, -0.15) is 12.7 Å². The van der Waals surface area contributed by atoms with Gasteiger partial charge >= 0.3 is 10.2 Å². The van der Waals surface area contributed by atoms with Gasteiger partial charge in [0.05, 0.1) is 5.69 Å². The minimum Gasteiger partial charge on any atom is -0.352 e. The van der Waals surface area contributed by atoms with Crippen LogP contribution in [0.1, 0.15) is 48.8 Å². The molecule has 3 aromatic rings. The van der Waals surface area contributed by atoms with E-state index in [1.165, 1.54) is 14.1 Å². The third-order valence-electron chi connectivity index (χ3n) is 7.89. The molecule has 2 amide bonds. The molecule has 0 spiro atoms. The van der Waals surface area contributed by atoms with Crippen LogP contribution in [0, 0.1) is 6.92 Å². The Morgan fingerprint density at radius 1 is 0.857 bits per heavy atom. The molecular formula is C33H42N4O4S. The monoisotopic (exact) mass is 590 g/mol. The highest BCUT2D eigenvalue weighted by Crippen LogP contribution is 2.23. The van der Waals surface area contributed by atoms with Crippen LogP contribution in [-0.2, 0) is 32.8 Å².